The number of aliphatic hydroxyl groups is 1. The predicted molar refractivity (Wildman–Crippen MR) is 63.5 cm³/mol. The van der Waals surface area contributed by atoms with Crippen LogP contribution in [0.2, 0.25) is 0 Å². The first-order chi connectivity index (χ1) is 8.00. The molecule has 5 heteroatoms. The highest BCUT2D eigenvalue weighted by Gasteiger charge is 2.27. The van der Waals surface area contributed by atoms with E-state index in [1.807, 2.05) is 0 Å². The summed E-state index contributed by atoms with van der Waals surface area (Å²) in [6.45, 7) is 8.01. The summed E-state index contributed by atoms with van der Waals surface area (Å²) in [6.07, 6.45) is 2.18. The van der Waals surface area contributed by atoms with Crippen LogP contribution in [-0.2, 0) is 12.0 Å². The lowest BCUT2D eigenvalue weighted by atomic mass is 9.97. The Balaban J connectivity index is 2.02. The number of hydrogen-bond acceptors (Lipinski definition) is 5. The summed E-state index contributed by atoms with van der Waals surface area (Å²) >= 11 is 0. The van der Waals surface area contributed by atoms with Crippen LogP contribution in [0.3, 0.4) is 0 Å². The summed E-state index contributed by atoms with van der Waals surface area (Å²) in [5.74, 6) is 1.32. The Morgan fingerprint density at radius 3 is 2.76 bits per heavy atom. The molecule has 1 fully saturated rings. The fourth-order valence-electron chi connectivity index (χ4n) is 2.10. The van der Waals surface area contributed by atoms with Gasteiger partial charge in [-0.15, -0.1) is 10.2 Å². The largest absolute Gasteiger partial charge is 0.423 e. The van der Waals surface area contributed by atoms with Crippen molar-refractivity contribution in [2.24, 2.45) is 0 Å². The molecule has 1 N–H and O–H groups in total. The van der Waals surface area contributed by atoms with E-state index in [1.54, 1.807) is 0 Å². The van der Waals surface area contributed by atoms with E-state index >= 15 is 0 Å². The number of aromatic nitrogens is 2. The molecule has 2 rings (SSSR count). The summed E-state index contributed by atoms with van der Waals surface area (Å²) in [6, 6.07) is 0.250. The van der Waals surface area contributed by atoms with Crippen molar-refractivity contribution >= 4 is 0 Å². The highest BCUT2D eigenvalue weighted by atomic mass is 16.4. The molecule has 0 amide bonds. The third-order valence-corrected chi connectivity index (χ3v) is 3.16. The van der Waals surface area contributed by atoms with Gasteiger partial charge in [-0.05, 0) is 19.4 Å². The average Bonchev–Trinajstić information content (AvgIpc) is 2.86. The average molecular weight is 239 g/mol. The van der Waals surface area contributed by atoms with Gasteiger partial charge in [-0.2, -0.15) is 0 Å². The van der Waals surface area contributed by atoms with Crippen LogP contribution in [0.15, 0.2) is 4.42 Å². The monoisotopic (exact) mass is 239 g/mol. The van der Waals surface area contributed by atoms with Crippen molar-refractivity contribution in [3.63, 3.8) is 0 Å². The molecule has 0 spiro atoms. The fourth-order valence-corrected chi connectivity index (χ4v) is 2.10. The molecule has 1 unspecified atom stereocenters. The van der Waals surface area contributed by atoms with Crippen molar-refractivity contribution < 1.29 is 9.52 Å². The lowest BCUT2D eigenvalue weighted by Gasteiger charge is -2.20. The minimum atomic E-state index is -0.105. The molecule has 0 saturated carbocycles. The van der Waals surface area contributed by atoms with E-state index in [0.29, 0.717) is 18.3 Å². The quantitative estimate of drug-likeness (QED) is 0.862. The lowest BCUT2D eigenvalue weighted by molar-refractivity contribution is 0.143. The molecule has 1 aliphatic heterocycles. The van der Waals surface area contributed by atoms with Crippen LogP contribution in [0.25, 0.3) is 0 Å². The Bertz CT molecular complexity index is 370. The van der Waals surface area contributed by atoms with Crippen LogP contribution in [0, 0.1) is 0 Å². The van der Waals surface area contributed by atoms with E-state index in [4.69, 9.17) is 4.42 Å². The predicted octanol–water partition coefficient (Wildman–Crippen LogP) is 1.32. The van der Waals surface area contributed by atoms with Crippen molar-refractivity contribution in [2.75, 3.05) is 13.2 Å². The molecule has 2 heterocycles. The number of rotatable bonds is 3. The van der Waals surface area contributed by atoms with Crippen LogP contribution in [0.5, 0.6) is 0 Å². The number of nitrogens with zero attached hydrogens (tertiary/aromatic N) is 3. The smallest absolute Gasteiger partial charge is 0.230 e. The molecule has 1 aliphatic rings. The molecular weight excluding hydrogens is 218 g/mol. The van der Waals surface area contributed by atoms with Gasteiger partial charge >= 0.3 is 0 Å². The molecule has 0 aromatic carbocycles. The highest BCUT2D eigenvalue weighted by Crippen LogP contribution is 2.23. The summed E-state index contributed by atoms with van der Waals surface area (Å²) in [7, 11) is 0. The zero-order chi connectivity index (χ0) is 12.5. The molecule has 5 nitrogen and oxygen atoms in total. The first kappa shape index (κ1) is 12.5. The summed E-state index contributed by atoms with van der Waals surface area (Å²) in [4.78, 5) is 2.21. The third kappa shape index (κ3) is 2.84. The highest BCUT2D eigenvalue weighted by molar-refractivity contribution is 4.96. The van der Waals surface area contributed by atoms with Gasteiger partial charge in [0.05, 0.1) is 13.2 Å². The van der Waals surface area contributed by atoms with Crippen LogP contribution >= 0.6 is 0 Å². The van der Waals surface area contributed by atoms with Crippen LogP contribution in [0.4, 0.5) is 0 Å². The molecule has 0 radical (unpaired) electrons. The topological polar surface area (TPSA) is 62.4 Å². The van der Waals surface area contributed by atoms with Crippen LogP contribution in [-0.4, -0.2) is 39.4 Å². The number of likely N-dealkylation sites (tertiary alicyclic amines) is 1. The van der Waals surface area contributed by atoms with E-state index in [9.17, 15) is 5.11 Å². The molecule has 0 bridgehead atoms. The van der Waals surface area contributed by atoms with Gasteiger partial charge in [0, 0.05) is 11.5 Å². The van der Waals surface area contributed by atoms with Gasteiger partial charge in [-0.1, -0.05) is 20.8 Å². The molecule has 17 heavy (non-hydrogen) atoms. The molecule has 1 saturated heterocycles. The Morgan fingerprint density at radius 1 is 1.41 bits per heavy atom. The number of aliphatic hydroxyl groups excluding tert-OH is 1. The Hall–Kier alpha value is -0.940. The van der Waals surface area contributed by atoms with Crippen molar-refractivity contribution in [3.05, 3.63) is 11.8 Å². The normalized spacial score (nSPS) is 22.2. The minimum absolute atomic E-state index is 0.105. The second kappa shape index (κ2) is 4.74. The molecule has 1 atom stereocenters. The second-order valence-corrected chi connectivity index (χ2v) is 5.70. The first-order valence-electron chi connectivity index (χ1n) is 6.18. The minimum Gasteiger partial charge on any atom is -0.423 e. The van der Waals surface area contributed by atoms with Gasteiger partial charge in [-0.3, -0.25) is 4.90 Å². The van der Waals surface area contributed by atoms with Crippen LogP contribution in [0.1, 0.15) is 45.4 Å². The lowest BCUT2D eigenvalue weighted by Crippen LogP contribution is -2.31. The van der Waals surface area contributed by atoms with Gasteiger partial charge in [0.15, 0.2) is 0 Å². The van der Waals surface area contributed by atoms with E-state index in [2.05, 4.69) is 35.9 Å². The van der Waals surface area contributed by atoms with Crippen molar-refractivity contribution in [1.82, 2.24) is 15.1 Å². The first-order valence-corrected chi connectivity index (χ1v) is 6.18. The zero-order valence-corrected chi connectivity index (χ0v) is 10.8. The van der Waals surface area contributed by atoms with Crippen LogP contribution < -0.4 is 0 Å². The van der Waals surface area contributed by atoms with Crippen molar-refractivity contribution in [3.8, 4) is 0 Å². The Labute approximate surface area is 102 Å². The zero-order valence-electron chi connectivity index (χ0n) is 10.8. The van der Waals surface area contributed by atoms with Gasteiger partial charge in [0.25, 0.3) is 0 Å². The molecule has 0 aliphatic carbocycles. The maximum atomic E-state index is 9.24. The van der Waals surface area contributed by atoms with Crippen molar-refractivity contribution in [2.45, 2.75) is 51.6 Å². The van der Waals surface area contributed by atoms with Gasteiger partial charge in [0.2, 0.25) is 11.8 Å². The molecule has 1 aromatic rings. The molecule has 1 aromatic heterocycles. The standard InChI is InChI=1S/C12H21N3O2/c1-12(2,3)11-14-13-10(17-11)7-15-6-4-5-9(15)8-16/h9,16H,4-8H2,1-3H3. The van der Waals surface area contributed by atoms with Gasteiger partial charge in [0.1, 0.15) is 0 Å². The summed E-state index contributed by atoms with van der Waals surface area (Å²) in [5, 5.41) is 17.4. The van der Waals surface area contributed by atoms with E-state index in [0.717, 1.165) is 19.4 Å². The van der Waals surface area contributed by atoms with E-state index in [-0.39, 0.29) is 18.1 Å². The maximum absolute atomic E-state index is 9.24. The maximum Gasteiger partial charge on any atom is 0.230 e. The number of hydrogen-bond donors (Lipinski definition) is 1. The summed E-state index contributed by atoms with van der Waals surface area (Å²) < 4.78 is 5.66. The van der Waals surface area contributed by atoms with E-state index in [1.165, 1.54) is 0 Å². The third-order valence-electron chi connectivity index (χ3n) is 3.16. The van der Waals surface area contributed by atoms with Crippen molar-refractivity contribution in [1.29, 1.82) is 0 Å². The fraction of sp³-hybridized carbons (Fsp3) is 0.833. The molecule has 96 valence electrons. The van der Waals surface area contributed by atoms with Gasteiger partial charge < -0.3 is 9.52 Å². The SMILES string of the molecule is CC(C)(C)c1nnc(CN2CCCC2CO)o1. The Morgan fingerprint density at radius 2 is 2.18 bits per heavy atom. The van der Waals surface area contributed by atoms with E-state index < -0.39 is 0 Å². The molecular formula is C12H21N3O2. The Kier molecular flexibility index (Phi) is 3.49. The van der Waals surface area contributed by atoms with Gasteiger partial charge in [-0.25, -0.2) is 0 Å². The second-order valence-electron chi connectivity index (χ2n) is 5.70. The summed E-state index contributed by atoms with van der Waals surface area (Å²) in [5.41, 5.74) is -0.105.